The predicted octanol–water partition coefficient (Wildman–Crippen LogP) is 2.79. The Balaban J connectivity index is 1.46. The number of hydrogen-bond acceptors (Lipinski definition) is 4. The summed E-state index contributed by atoms with van der Waals surface area (Å²) in [6, 6.07) is 6.27. The van der Waals surface area contributed by atoms with E-state index in [-0.39, 0.29) is 5.91 Å². The molecule has 150 valence electrons. The first-order valence-corrected chi connectivity index (χ1v) is 10.7. The second-order valence-corrected chi connectivity index (χ2v) is 8.39. The number of pyridine rings is 1. The number of nitrogens with one attached hydrogen (secondary N) is 1. The molecule has 5 nitrogen and oxygen atoms in total. The Morgan fingerprint density at radius 3 is 2.75 bits per heavy atom. The van der Waals surface area contributed by atoms with Crippen LogP contribution in [0, 0.1) is 6.92 Å². The summed E-state index contributed by atoms with van der Waals surface area (Å²) >= 11 is 0. The number of nitrogens with zero attached hydrogens (tertiary/aromatic N) is 3. The zero-order valence-corrected chi connectivity index (χ0v) is 17.3. The fraction of sp³-hybridized carbons (Fsp3) is 0.565. The van der Waals surface area contributed by atoms with Crippen LogP contribution in [0.5, 0.6) is 0 Å². The van der Waals surface area contributed by atoms with Crippen molar-refractivity contribution in [3.63, 3.8) is 0 Å². The maximum Gasteiger partial charge on any atom is 0.252 e. The van der Waals surface area contributed by atoms with Gasteiger partial charge in [-0.2, -0.15) is 0 Å². The van der Waals surface area contributed by atoms with Crippen molar-refractivity contribution in [2.45, 2.75) is 39.0 Å². The van der Waals surface area contributed by atoms with E-state index in [1.807, 2.05) is 0 Å². The molecule has 1 fully saturated rings. The van der Waals surface area contributed by atoms with Gasteiger partial charge in [-0.3, -0.25) is 9.78 Å². The third kappa shape index (κ3) is 4.20. The summed E-state index contributed by atoms with van der Waals surface area (Å²) in [5.74, 6) is 0.0783. The van der Waals surface area contributed by atoms with Crippen molar-refractivity contribution in [1.82, 2.24) is 20.1 Å². The third-order valence-electron chi connectivity index (χ3n) is 6.18. The minimum atomic E-state index is 0.0783. The van der Waals surface area contributed by atoms with Gasteiger partial charge in [0.05, 0.1) is 11.1 Å². The van der Waals surface area contributed by atoms with E-state index in [0.29, 0.717) is 0 Å². The van der Waals surface area contributed by atoms with Crippen molar-refractivity contribution >= 4 is 16.8 Å². The van der Waals surface area contributed by atoms with Crippen LogP contribution in [0.25, 0.3) is 10.9 Å². The lowest BCUT2D eigenvalue weighted by atomic mass is 9.89. The van der Waals surface area contributed by atoms with Gasteiger partial charge >= 0.3 is 0 Å². The number of carbonyl (C=O) groups is 1. The molecule has 1 aliphatic heterocycles. The van der Waals surface area contributed by atoms with E-state index in [9.17, 15) is 4.79 Å². The zero-order chi connectivity index (χ0) is 19.5. The van der Waals surface area contributed by atoms with Crippen LogP contribution in [0.3, 0.4) is 0 Å². The number of aryl methyl sites for hydroxylation is 2. The molecule has 1 aliphatic carbocycles. The molecule has 1 N–H and O–H groups in total. The standard InChI is InChI=1S/C23H32N4O/c1-17-8-9-21-19(16-17)22(18-6-3-4-7-20(18)25-21)23(28)24-10-5-11-27-14-12-26(2)13-15-27/h8-9,16H,3-7,10-15H2,1-2H3,(H,24,28). The SMILES string of the molecule is Cc1ccc2nc3c(c(C(=O)NCCCN4CCN(C)CC4)c2c1)CCCC3. The van der Waals surface area contributed by atoms with E-state index in [1.165, 1.54) is 17.5 Å². The van der Waals surface area contributed by atoms with Gasteiger partial charge in [0, 0.05) is 43.8 Å². The summed E-state index contributed by atoms with van der Waals surface area (Å²) in [6.07, 6.45) is 5.28. The van der Waals surface area contributed by atoms with E-state index in [4.69, 9.17) is 4.98 Å². The summed E-state index contributed by atoms with van der Waals surface area (Å²) in [7, 11) is 2.18. The Bertz CT molecular complexity index is 855. The summed E-state index contributed by atoms with van der Waals surface area (Å²) in [5, 5.41) is 4.22. The highest BCUT2D eigenvalue weighted by Crippen LogP contribution is 2.29. The Hall–Kier alpha value is -1.98. The Morgan fingerprint density at radius 2 is 1.93 bits per heavy atom. The summed E-state index contributed by atoms with van der Waals surface area (Å²) in [6.45, 7) is 8.41. The van der Waals surface area contributed by atoms with Crippen LogP contribution < -0.4 is 5.32 Å². The first-order chi connectivity index (χ1) is 13.6. The average molecular weight is 381 g/mol. The molecule has 1 amide bonds. The molecule has 2 aromatic rings. The van der Waals surface area contributed by atoms with Gasteiger partial charge < -0.3 is 15.1 Å². The number of hydrogen-bond donors (Lipinski definition) is 1. The smallest absolute Gasteiger partial charge is 0.252 e. The van der Waals surface area contributed by atoms with Gasteiger partial charge in [-0.05, 0) is 70.3 Å². The number of benzene rings is 1. The van der Waals surface area contributed by atoms with E-state index in [1.54, 1.807) is 0 Å². The second kappa shape index (κ2) is 8.58. The Morgan fingerprint density at radius 1 is 1.14 bits per heavy atom. The summed E-state index contributed by atoms with van der Waals surface area (Å²) in [5.41, 5.74) is 5.32. The van der Waals surface area contributed by atoms with Crippen LogP contribution in [0.1, 0.15) is 46.4 Å². The fourth-order valence-electron chi connectivity index (χ4n) is 4.46. The predicted molar refractivity (Wildman–Crippen MR) is 114 cm³/mol. The van der Waals surface area contributed by atoms with Gasteiger partial charge in [0.15, 0.2) is 0 Å². The Kier molecular flexibility index (Phi) is 5.93. The summed E-state index contributed by atoms with van der Waals surface area (Å²) < 4.78 is 0. The molecule has 0 atom stereocenters. The minimum absolute atomic E-state index is 0.0783. The molecular formula is C23H32N4O. The van der Waals surface area contributed by atoms with E-state index >= 15 is 0 Å². The number of rotatable bonds is 5. The topological polar surface area (TPSA) is 48.5 Å². The van der Waals surface area contributed by atoms with E-state index < -0.39 is 0 Å². The van der Waals surface area contributed by atoms with E-state index in [0.717, 1.165) is 87.1 Å². The monoisotopic (exact) mass is 380 g/mol. The molecule has 0 spiro atoms. The molecule has 0 radical (unpaired) electrons. The van der Waals surface area contributed by atoms with Gasteiger partial charge in [-0.1, -0.05) is 11.6 Å². The second-order valence-electron chi connectivity index (χ2n) is 8.39. The van der Waals surface area contributed by atoms with Gasteiger partial charge in [-0.15, -0.1) is 0 Å². The van der Waals surface area contributed by atoms with Crippen LogP contribution in [0.2, 0.25) is 0 Å². The van der Waals surface area contributed by atoms with Crippen LogP contribution in [0.15, 0.2) is 18.2 Å². The van der Waals surface area contributed by atoms with Crippen molar-refractivity contribution in [1.29, 1.82) is 0 Å². The van der Waals surface area contributed by atoms with Crippen molar-refractivity contribution in [2.75, 3.05) is 46.3 Å². The third-order valence-corrected chi connectivity index (χ3v) is 6.18. The van der Waals surface area contributed by atoms with Gasteiger partial charge in [0.1, 0.15) is 0 Å². The molecule has 28 heavy (non-hydrogen) atoms. The maximum atomic E-state index is 13.2. The molecule has 0 bridgehead atoms. The van der Waals surface area contributed by atoms with Crippen molar-refractivity contribution in [2.24, 2.45) is 0 Å². The number of aromatic nitrogens is 1. The van der Waals surface area contributed by atoms with Crippen molar-refractivity contribution in [3.05, 3.63) is 40.6 Å². The van der Waals surface area contributed by atoms with Gasteiger partial charge in [-0.25, -0.2) is 0 Å². The summed E-state index contributed by atoms with van der Waals surface area (Å²) in [4.78, 5) is 22.9. The van der Waals surface area contributed by atoms with Crippen molar-refractivity contribution < 1.29 is 4.79 Å². The molecular weight excluding hydrogens is 348 g/mol. The number of carbonyl (C=O) groups excluding carboxylic acids is 1. The normalized spacial score (nSPS) is 18.2. The minimum Gasteiger partial charge on any atom is -0.352 e. The lowest BCUT2D eigenvalue weighted by molar-refractivity contribution is 0.0949. The highest BCUT2D eigenvalue weighted by Gasteiger charge is 2.22. The maximum absolute atomic E-state index is 13.2. The van der Waals surface area contributed by atoms with Gasteiger partial charge in [0.25, 0.3) is 5.91 Å². The molecule has 5 heteroatoms. The Labute approximate surface area is 168 Å². The molecule has 1 aromatic carbocycles. The largest absolute Gasteiger partial charge is 0.352 e. The lowest BCUT2D eigenvalue weighted by Gasteiger charge is -2.32. The molecule has 0 unspecified atom stereocenters. The van der Waals surface area contributed by atoms with Crippen LogP contribution in [-0.4, -0.2) is 67.0 Å². The van der Waals surface area contributed by atoms with Crippen LogP contribution >= 0.6 is 0 Å². The van der Waals surface area contributed by atoms with Crippen LogP contribution in [0.4, 0.5) is 0 Å². The van der Waals surface area contributed by atoms with Crippen molar-refractivity contribution in [3.8, 4) is 0 Å². The highest BCUT2D eigenvalue weighted by atomic mass is 16.1. The molecule has 4 rings (SSSR count). The number of likely N-dealkylation sites (N-methyl/N-ethyl adjacent to an activating group) is 1. The molecule has 1 aromatic heterocycles. The first kappa shape index (κ1) is 19.3. The van der Waals surface area contributed by atoms with Gasteiger partial charge in [0.2, 0.25) is 0 Å². The molecule has 1 saturated heterocycles. The van der Waals surface area contributed by atoms with Crippen LogP contribution in [-0.2, 0) is 12.8 Å². The quantitative estimate of drug-likeness (QED) is 0.811. The molecule has 0 saturated carbocycles. The number of fused-ring (bicyclic) bond motifs is 2. The highest BCUT2D eigenvalue weighted by molar-refractivity contribution is 6.07. The molecule has 2 heterocycles. The number of amides is 1. The molecule has 2 aliphatic rings. The number of piperazine rings is 1. The fourth-order valence-corrected chi connectivity index (χ4v) is 4.46. The lowest BCUT2D eigenvalue weighted by Crippen LogP contribution is -2.45. The first-order valence-electron chi connectivity index (χ1n) is 10.7. The zero-order valence-electron chi connectivity index (χ0n) is 17.3. The van der Waals surface area contributed by atoms with E-state index in [2.05, 4.69) is 47.3 Å². The average Bonchev–Trinajstić information content (AvgIpc) is 2.70.